The summed E-state index contributed by atoms with van der Waals surface area (Å²) in [5.41, 5.74) is 7.80. The average Bonchev–Trinajstić information content (AvgIpc) is 2.46. The van der Waals surface area contributed by atoms with Crippen LogP contribution in [0.3, 0.4) is 0 Å². The van der Waals surface area contributed by atoms with E-state index in [0.29, 0.717) is 18.8 Å². The lowest BCUT2D eigenvalue weighted by atomic mass is 10.2. The zero-order valence-electron chi connectivity index (χ0n) is 10.3. The van der Waals surface area contributed by atoms with E-state index in [-0.39, 0.29) is 5.91 Å². The van der Waals surface area contributed by atoms with Crippen LogP contribution in [0.4, 0.5) is 0 Å². The molecule has 0 saturated carbocycles. The second-order valence-corrected chi connectivity index (χ2v) is 4.88. The van der Waals surface area contributed by atoms with Crippen LogP contribution >= 0.6 is 15.9 Å². The van der Waals surface area contributed by atoms with E-state index in [1.807, 2.05) is 24.3 Å². The Morgan fingerprint density at radius 1 is 1.26 bits per heavy atom. The molecule has 0 saturated heterocycles. The Labute approximate surface area is 120 Å². The highest BCUT2D eigenvalue weighted by atomic mass is 79.9. The maximum absolute atomic E-state index is 11.9. The van der Waals surface area contributed by atoms with Crippen molar-refractivity contribution in [2.45, 2.75) is 13.1 Å². The Kier molecular flexibility index (Phi) is 4.65. The van der Waals surface area contributed by atoms with E-state index in [1.165, 1.54) is 0 Å². The van der Waals surface area contributed by atoms with Crippen molar-refractivity contribution < 1.29 is 4.79 Å². The van der Waals surface area contributed by atoms with Crippen molar-refractivity contribution in [3.63, 3.8) is 0 Å². The SMILES string of the molecule is NCc1ccc(C(=O)NCc2ccccc2Br)nc1. The van der Waals surface area contributed by atoms with Gasteiger partial charge >= 0.3 is 0 Å². The van der Waals surface area contributed by atoms with Crippen LogP contribution in [0.15, 0.2) is 47.1 Å². The van der Waals surface area contributed by atoms with Gasteiger partial charge in [0.1, 0.15) is 5.69 Å². The van der Waals surface area contributed by atoms with Crippen LogP contribution in [-0.4, -0.2) is 10.9 Å². The largest absolute Gasteiger partial charge is 0.347 e. The first-order valence-electron chi connectivity index (χ1n) is 5.87. The molecule has 1 aromatic carbocycles. The number of benzene rings is 1. The number of hydrogen-bond donors (Lipinski definition) is 2. The van der Waals surface area contributed by atoms with Crippen molar-refractivity contribution in [2.75, 3.05) is 0 Å². The predicted octanol–water partition coefficient (Wildman–Crippen LogP) is 2.23. The quantitative estimate of drug-likeness (QED) is 0.908. The standard InChI is InChI=1S/C14H14BrN3O/c15-12-4-2-1-3-11(12)9-18-14(19)13-6-5-10(7-16)8-17-13/h1-6,8H,7,9,16H2,(H,18,19). The maximum Gasteiger partial charge on any atom is 0.270 e. The highest BCUT2D eigenvalue weighted by Crippen LogP contribution is 2.15. The van der Waals surface area contributed by atoms with Crippen molar-refractivity contribution >= 4 is 21.8 Å². The van der Waals surface area contributed by atoms with Crippen molar-refractivity contribution in [1.29, 1.82) is 0 Å². The van der Waals surface area contributed by atoms with E-state index in [1.54, 1.807) is 18.3 Å². The first-order valence-corrected chi connectivity index (χ1v) is 6.66. The number of hydrogen-bond acceptors (Lipinski definition) is 3. The van der Waals surface area contributed by atoms with Crippen LogP contribution in [0.2, 0.25) is 0 Å². The third-order valence-corrected chi connectivity index (χ3v) is 3.46. The molecule has 0 fully saturated rings. The van der Waals surface area contributed by atoms with Crippen molar-refractivity contribution in [3.8, 4) is 0 Å². The molecular weight excluding hydrogens is 306 g/mol. The molecule has 0 aliphatic heterocycles. The van der Waals surface area contributed by atoms with Gasteiger partial charge in [0.25, 0.3) is 5.91 Å². The molecule has 0 bridgehead atoms. The minimum Gasteiger partial charge on any atom is -0.347 e. The van der Waals surface area contributed by atoms with Crippen LogP contribution in [0.5, 0.6) is 0 Å². The van der Waals surface area contributed by atoms with Crippen LogP contribution in [0, 0.1) is 0 Å². The summed E-state index contributed by atoms with van der Waals surface area (Å²) in [5, 5.41) is 2.83. The molecule has 1 heterocycles. The second-order valence-electron chi connectivity index (χ2n) is 4.03. The molecule has 19 heavy (non-hydrogen) atoms. The summed E-state index contributed by atoms with van der Waals surface area (Å²) in [6.45, 7) is 0.881. The molecule has 4 nitrogen and oxygen atoms in total. The molecule has 0 aliphatic rings. The van der Waals surface area contributed by atoms with E-state index in [0.717, 1.165) is 15.6 Å². The van der Waals surface area contributed by atoms with E-state index < -0.39 is 0 Å². The molecule has 0 radical (unpaired) electrons. The number of nitrogens with two attached hydrogens (primary N) is 1. The molecule has 2 rings (SSSR count). The van der Waals surface area contributed by atoms with Crippen molar-refractivity contribution in [2.24, 2.45) is 5.73 Å². The Hall–Kier alpha value is -1.72. The van der Waals surface area contributed by atoms with Gasteiger partial charge in [-0.05, 0) is 23.3 Å². The molecule has 3 N–H and O–H groups in total. The number of amides is 1. The fourth-order valence-electron chi connectivity index (χ4n) is 1.59. The smallest absolute Gasteiger partial charge is 0.270 e. The average molecular weight is 320 g/mol. The third-order valence-electron chi connectivity index (χ3n) is 2.69. The number of rotatable bonds is 4. The fourth-order valence-corrected chi connectivity index (χ4v) is 2.01. The predicted molar refractivity (Wildman–Crippen MR) is 77.4 cm³/mol. The van der Waals surface area contributed by atoms with Crippen LogP contribution < -0.4 is 11.1 Å². The van der Waals surface area contributed by atoms with Gasteiger partial charge in [-0.1, -0.05) is 40.2 Å². The van der Waals surface area contributed by atoms with Gasteiger partial charge in [0.2, 0.25) is 0 Å². The molecule has 0 atom stereocenters. The number of carbonyl (C=O) groups is 1. The van der Waals surface area contributed by atoms with E-state index in [4.69, 9.17) is 5.73 Å². The van der Waals surface area contributed by atoms with Gasteiger partial charge in [-0.15, -0.1) is 0 Å². The molecular formula is C14H14BrN3O. The van der Waals surface area contributed by atoms with Gasteiger partial charge in [0, 0.05) is 23.8 Å². The highest BCUT2D eigenvalue weighted by Gasteiger charge is 2.07. The number of aromatic nitrogens is 1. The van der Waals surface area contributed by atoms with Gasteiger partial charge in [0.05, 0.1) is 0 Å². The molecule has 0 spiro atoms. The van der Waals surface area contributed by atoms with E-state index in [2.05, 4.69) is 26.2 Å². The molecule has 2 aromatic rings. The Morgan fingerprint density at radius 3 is 2.68 bits per heavy atom. The van der Waals surface area contributed by atoms with Crippen molar-refractivity contribution in [3.05, 3.63) is 63.9 Å². The molecule has 98 valence electrons. The van der Waals surface area contributed by atoms with Crippen LogP contribution in [0.25, 0.3) is 0 Å². The zero-order chi connectivity index (χ0) is 13.7. The summed E-state index contributed by atoms with van der Waals surface area (Å²) in [5.74, 6) is -0.195. The lowest BCUT2D eigenvalue weighted by Gasteiger charge is -2.07. The van der Waals surface area contributed by atoms with E-state index >= 15 is 0 Å². The van der Waals surface area contributed by atoms with Gasteiger partial charge in [-0.2, -0.15) is 0 Å². The number of nitrogens with one attached hydrogen (secondary N) is 1. The maximum atomic E-state index is 11.9. The first kappa shape index (κ1) is 13.7. The monoisotopic (exact) mass is 319 g/mol. The van der Waals surface area contributed by atoms with Gasteiger partial charge in [-0.25, -0.2) is 0 Å². The van der Waals surface area contributed by atoms with Gasteiger partial charge < -0.3 is 11.1 Å². The Balaban J connectivity index is 1.99. The number of carbonyl (C=O) groups excluding carboxylic acids is 1. The minimum absolute atomic E-state index is 0.195. The lowest BCUT2D eigenvalue weighted by Crippen LogP contribution is -2.24. The molecule has 5 heteroatoms. The normalized spacial score (nSPS) is 10.2. The van der Waals surface area contributed by atoms with Gasteiger partial charge in [0.15, 0.2) is 0 Å². The molecule has 1 amide bonds. The van der Waals surface area contributed by atoms with Crippen LogP contribution in [0.1, 0.15) is 21.6 Å². The molecule has 1 aromatic heterocycles. The second kappa shape index (κ2) is 6.45. The summed E-state index contributed by atoms with van der Waals surface area (Å²) in [6.07, 6.45) is 1.62. The van der Waals surface area contributed by atoms with Crippen LogP contribution in [-0.2, 0) is 13.1 Å². The zero-order valence-corrected chi connectivity index (χ0v) is 11.9. The highest BCUT2D eigenvalue weighted by molar-refractivity contribution is 9.10. The Bertz CT molecular complexity index is 569. The first-order chi connectivity index (χ1) is 9.20. The Morgan fingerprint density at radius 2 is 2.05 bits per heavy atom. The molecule has 0 aliphatic carbocycles. The summed E-state index contributed by atoms with van der Waals surface area (Å²) >= 11 is 3.44. The summed E-state index contributed by atoms with van der Waals surface area (Å²) in [7, 11) is 0. The summed E-state index contributed by atoms with van der Waals surface area (Å²) in [4.78, 5) is 16.0. The lowest BCUT2D eigenvalue weighted by molar-refractivity contribution is 0.0946. The minimum atomic E-state index is -0.195. The number of halogens is 1. The number of nitrogens with zero attached hydrogens (tertiary/aromatic N) is 1. The fraction of sp³-hybridized carbons (Fsp3) is 0.143. The van der Waals surface area contributed by atoms with Crippen molar-refractivity contribution in [1.82, 2.24) is 10.3 Å². The summed E-state index contributed by atoms with van der Waals surface area (Å²) in [6, 6.07) is 11.2. The third kappa shape index (κ3) is 3.62. The topological polar surface area (TPSA) is 68.0 Å². The molecule has 0 unspecified atom stereocenters. The van der Waals surface area contributed by atoms with Gasteiger partial charge in [-0.3, -0.25) is 9.78 Å². The van der Waals surface area contributed by atoms with E-state index in [9.17, 15) is 4.79 Å². The number of pyridine rings is 1. The summed E-state index contributed by atoms with van der Waals surface area (Å²) < 4.78 is 0.974.